The molecule has 0 radical (unpaired) electrons. The number of methoxy groups -OCH3 is 1. The Labute approximate surface area is 103 Å². The van der Waals surface area contributed by atoms with Gasteiger partial charge in [0.15, 0.2) is 0 Å². The minimum absolute atomic E-state index is 0.333. The van der Waals surface area contributed by atoms with Gasteiger partial charge in [0, 0.05) is 20.3 Å². The Hall–Kier alpha value is -0.163. The highest BCUT2D eigenvalue weighted by molar-refractivity contribution is 6.17. The van der Waals surface area contributed by atoms with Crippen LogP contribution in [0.3, 0.4) is 0 Å². The van der Waals surface area contributed by atoms with Crippen LogP contribution in [-0.4, -0.2) is 36.4 Å². The van der Waals surface area contributed by atoms with Gasteiger partial charge < -0.3 is 13.6 Å². The Morgan fingerprint density at radius 3 is 2.00 bits per heavy atom. The molecule has 0 fully saturated rings. The molecule has 3 nitrogen and oxygen atoms in total. The molecule has 0 bridgehead atoms. The van der Waals surface area contributed by atoms with Gasteiger partial charge in [0.2, 0.25) is 0 Å². The lowest BCUT2D eigenvalue weighted by Gasteiger charge is -2.07. The largest absolute Gasteiger partial charge is 0.399 e. The fourth-order valence-electron chi connectivity index (χ4n) is 1.02. The van der Waals surface area contributed by atoms with Crippen LogP contribution in [0.15, 0.2) is 12.2 Å². The van der Waals surface area contributed by atoms with Crippen LogP contribution in [-0.2, 0) is 13.6 Å². The fraction of sp³-hybridized carbons (Fsp3) is 0.833. The molecule has 0 N–H and O–H groups in total. The molecule has 16 heavy (non-hydrogen) atoms. The average molecular weight is 248 g/mol. The van der Waals surface area contributed by atoms with E-state index in [9.17, 15) is 0 Å². The summed E-state index contributed by atoms with van der Waals surface area (Å²) in [5, 5.41) is 0. The van der Waals surface area contributed by atoms with Crippen LogP contribution in [0.25, 0.3) is 0 Å². The summed E-state index contributed by atoms with van der Waals surface area (Å²) in [6.45, 7) is 9.73. The van der Waals surface area contributed by atoms with E-state index < -0.39 is 10.0 Å². The second kappa shape index (κ2) is 17.2. The molecule has 0 aromatic rings. The summed E-state index contributed by atoms with van der Waals surface area (Å²) in [6.07, 6.45) is 6.76. The maximum Gasteiger partial charge on any atom is 0.304 e. The highest BCUT2D eigenvalue weighted by Crippen LogP contribution is 2.01. The third kappa shape index (κ3) is 16.3. The van der Waals surface area contributed by atoms with Crippen LogP contribution in [0, 0.1) is 0 Å². The van der Waals surface area contributed by atoms with E-state index in [1.54, 1.807) is 7.11 Å². The summed E-state index contributed by atoms with van der Waals surface area (Å²) in [5.41, 5.74) is 0. The molecular weight excluding hydrogens is 220 g/mol. The van der Waals surface area contributed by atoms with Gasteiger partial charge in [0.1, 0.15) is 0 Å². The van der Waals surface area contributed by atoms with Gasteiger partial charge in [-0.15, -0.1) is 0 Å². The highest BCUT2D eigenvalue weighted by atomic mass is 28.3. The molecule has 0 aliphatic heterocycles. The fourth-order valence-corrected chi connectivity index (χ4v) is 1.47. The lowest BCUT2D eigenvalue weighted by Crippen LogP contribution is -2.04. The first-order chi connectivity index (χ1) is 7.76. The second-order valence-electron chi connectivity index (χ2n) is 3.19. The molecule has 0 amide bonds. The van der Waals surface area contributed by atoms with Crippen molar-refractivity contribution >= 4 is 10.0 Å². The maximum atomic E-state index is 5.14. The number of allylic oxidation sites excluding steroid dienone is 1. The zero-order chi connectivity index (χ0) is 12.6. The second-order valence-corrected chi connectivity index (χ2v) is 4.24. The van der Waals surface area contributed by atoms with Gasteiger partial charge in [-0.05, 0) is 27.2 Å². The average Bonchev–Trinajstić information content (AvgIpc) is 2.30. The maximum absolute atomic E-state index is 5.14. The molecule has 0 heterocycles. The molecule has 0 saturated carbocycles. The highest BCUT2D eigenvalue weighted by Gasteiger charge is 1.97. The van der Waals surface area contributed by atoms with E-state index in [0.717, 1.165) is 19.6 Å². The summed E-state index contributed by atoms with van der Waals surface area (Å²) in [5.74, 6) is 0. The normalized spacial score (nSPS) is 12.3. The summed E-state index contributed by atoms with van der Waals surface area (Å²) in [4.78, 5) is 0. The van der Waals surface area contributed by atoms with Crippen molar-refractivity contribution in [2.24, 2.45) is 0 Å². The zero-order valence-electron chi connectivity index (χ0n) is 11.5. The molecule has 1 atom stereocenters. The van der Waals surface area contributed by atoms with Gasteiger partial charge in [-0.3, -0.25) is 0 Å². The van der Waals surface area contributed by atoms with Crippen LogP contribution in [0.1, 0.15) is 40.5 Å². The number of ether oxygens (including phenoxy) is 1. The Balaban J connectivity index is 0. The predicted octanol–water partition coefficient (Wildman–Crippen LogP) is 2.44. The molecule has 98 valence electrons. The number of hydrogen-bond acceptors (Lipinski definition) is 3. The zero-order valence-corrected chi connectivity index (χ0v) is 12.9. The number of rotatable bonds is 8. The minimum Gasteiger partial charge on any atom is -0.399 e. The molecule has 4 heteroatoms. The van der Waals surface area contributed by atoms with Crippen LogP contribution >= 0.6 is 0 Å². The van der Waals surface area contributed by atoms with Crippen molar-refractivity contribution in [3.05, 3.63) is 12.2 Å². The third-order valence-electron chi connectivity index (χ3n) is 1.86. The summed E-state index contributed by atoms with van der Waals surface area (Å²) in [6, 6.07) is 0. The first kappa shape index (κ1) is 18.2. The van der Waals surface area contributed by atoms with E-state index >= 15 is 0 Å². The molecule has 0 saturated heterocycles. The summed E-state index contributed by atoms with van der Waals surface area (Å²) in [7, 11) is 1.16. The van der Waals surface area contributed by atoms with E-state index in [2.05, 4.69) is 13.0 Å². The van der Waals surface area contributed by atoms with E-state index in [1.807, 2.05) is 26.8 Å². The SMILES string of the molecule is CC=CC(CCC)OC.CCO[SiH2]OCC. The van der Waals surface area contributed by atoms with Gasteiger partial charge in [-0.2, -0.15) is 0 Å². The van der Waals surface area contributed by atoms with Gasteiger partial charge in [-0.25, -0.2) is 0 Å². The molecule has 0 rings (SSSR count). The Morgan fingerprint density at radius 2 is 1.69 bits per heavy atom. The first-order valence-corrected chi connectivity index (χ1v) is 7.23. The van der Waals surface area contributed by atoms with Crippen molar-refractivity contribution in [1.29, 1.82) is 0 Å². The third-order valence-corrected chi connectivity index (χ3v) is 3.01. The van der Waals surface area contributed by atoms with E-state index in [0.29, 0.717) is 6.10 Å². The topological polar surface area (TPSA) is 27.7 Å². The van der Waals surface area contributed by atoms with Gasteiger partial charge in [-0.1, -0.05) is 25.5 Å². The standard InChI is InChI=1S/C8H16O.C4H12O2Si/c1-4-6-8(9-3)7-5-2;1-3-5-7-6-4-2/h4,6,8H,5,7H2,1-3H3;3-4,7H2,1-2H3. The molecule has 0 aliphatic carbocycles. The van der Waals surface area contributed by atoms with Crippen LogP contribution < -0.4 is 0 Å². The van der Waals surface area contributed by atoms with Crippen molar-refractivity contribution in [3.63, 3.8) is 0 Å². The quantitative estimate of drug-likeness (QED) is 0.375. The Morgan fingerprint density at radius 1 is 1.12 bits per heavy atom. The number of hydrogen-bond donors (Lipinski definition) is 0. The van der Waals surface area contributed by atoms with Crippen LogP contribution in [0.4, 0.5) is 0 Å². The summed E-state index contributed by atoms with van der Waals surface area (Å²) >= 11 is 0. The van der Waals surface area contributed by atoms with Crippen molar-refractivity contribution < 1.29 is 13.6 Å². The Kier molecular flexibility index (Phi) is 19.6. The van der Waals surface area contributed by atoms with E-state index in [4.69, 9.17) is 13.6 Å². The van der Waals surface area contributed by atoms with Crippen LogP contribution in [0.2, 0.25) is 0 Å². The Bertz CT molecular complexity index is 136. The van der Waals surface area contributed by atoms with Crippen molar-refractivity contribution in [1.82, 2.24) is 0 Å². The van der Waals surface area contributed by atoms with Crippen molar-refractivity contribution in [2.45, 2.75) is 46.6 Å². The lowest BCUT2D eigenvalue weighted by atomic mass is 10.2. The lowest BCUT2D eigenvalue weighted by molar-refractivity contribution is 0.133. The van der Waals surface area contributed by atoms with Gasteiger partial charge in [0.25, 0.3) is 0 Å². The summed E-state index contributed by atoms with van der Waals surface area (Å²) < 4.78 is 15.1. The van der Waals surface area contributed by atoms with E-state index in [1.165, 1.54) is 6.42 Å². The molecule has 0 spiro atoms. The van der Waals surface area contributed by atoms with Crippen molar-refractivity contribution in [3.8, 4) is 0 Å². The van der Waals surface area contributed by atoms with Gasteiger partial charge in [0.05, 0.1) is 6.10 Å². The van der Waals surface area contributed by atoms with Crippen molar-refractivity contribution in [2.75, 3.05) is 20.3 Å². The first-order valence-electron chi connectivity index (χ1n) is 6.07. The van der Waals surface area contributed by atoms with Gasteiger partial charge >= 0.3 is 10.0 Å². The molecule has 0 aromatic carbocycles. The minimum atomic E-state index is -0.589. The molecule has 0 aliphatic rings. The predicted molar refractivity (Wildman–Crippen MR) is 72.3 cm³/mol. The molecular formula is C12H28O3Si. The smallest absolute Gasteiger partial charge is 0.304 e. The van der Waals surface area contributed by atoms with Crippen LogP contribution in [0.5, 0.6) is 0 Å². The molecule has 1 unspecified atom stereocenters. The molecule has 0 aromatic heterocycles. The van der Waals surface area contributed by atoms with E-state index in [-0.39, 0.29) is 0 Å². The monoisotopic (exact) mass is 248 g/mol.